The van der Waals surface area contributed by atoms with Crippen LogP contribution >= 0.6 is 0 Å². The molecule has 0 N–H and O–H groups in total. The zero-order chi connectivity index (χ0) is 9.90. The predicted octanol–water partition coefficient (Wildman–Crippen LogP) is 2.58. The Morgan fingerprint density at radius 3 is 2.08 bits per heavy atom. The van der Waals surface area contributed by atoms with Crippen LogP contribution in [0.4, 0.5) is 0 Å². The van der Waals surface area contributed by atoms with E-state index in [9.17, 15) is 0 Å². The molecule has 0 aliphatic rings. The van der Waals surface area contributed by atoms with Gasteiger partial charge in [0.2, 0.25) is 0 Å². The molecule has 0 bridgehead atoms. The molecule has 0 unspecified atom stereocenters. The van der Waals surface area contributed by atoms with Gasteiger partial charge in [-0.05, 0) is 12.1 Å². The van der Waals surface area contributed by atoms with Crippen LogP contribution in [0.3, 0.4) is 0 Å². The first kappa shape index (κ1) is 9.90. The van der Waals surface area contributed by atoms with E-state index in [1.54, 1.807) is 0 Å². The monoisotopic (exact) mass is 190 g/mol. The van der Waals surface area contributed by atoms with Gasteiger partial charge in [-0.1, -0.05) is 37.8 Å². The van der Waals surface area contributed by atoms with Crippen molar-refractivity contribution in [2.75, 3.05) is 0 Å². The molecule has 13 heavy (non-hydrogen) atoms. The summed E-state index contributed by atoms with van der Waals surface area (Å²) in [4.78, 5) is 3.41. The van der Waals surface area contributed by atoms with Crippen LogP contribution in [0.1, 0.15) is 5.56 Å². The Morgan fingerprint density at radius 2 is 1.69 bits per heavy atom. The van der Waals surface area contributed by atoms with Crippen molar-refractivity contribution in [3.63, 3.8) is 0 Å². The lowest BCUT2D eigenvalue weighted by Crippen LogP contribution is -2.35. The Balaban J connectivity index is 3.15. The van der Waals surface area contributed by atoms with Gasteiger partial charge in [0.05, 0.1) is 5.56 Å². The summed E-state index contributed by atoms with van der Waals surface area (Å²) < 4.78 is 0. The molecule has 0 atom stereocenters. The van der Waals surface area contributed by atoms with E-state index in [-0.39, 0.29) is 0 Å². The fourth-order valence-corrected chi connectivity index (χ4v) is 2.57. The van der Waals surface area contributed by atoms with E-state index in [1.807, 2.05) is 30.3 Å². The lowest BCUT2D eigenvalue weighted by Gasteiger charge is -2.09. The molecule has 0 heterocycles. The molecule has 3 heteroatoms. The molecule has 1 rings (SSSR count). The maximum absolute atomic E-state index is 8.94. The van der Waals surface area contributed by atoms with Crippen LogP contribution in [0.15, 0.2) is 30.3 Å². The molecule has 1 aromatic rings. The van der Waals surface area contributed by atoms with E-state index in [1.165, 1.54) is 0 Å². The molecular formula is C10H14N2Si. The summed E-state index contributed by atoms with van der Waals surface area (Å²) in [6.07, 6.45) is 0. The van der Waals surface area contributed by atoms with Crippen molar-refractivity contribution >= 4 is 13.4 Å². The van der Waals surface area contributed by atoms with Gasteiger partial charge in [-0.2, -0.15) is 4.79 Å². The SMILES string of the molecule is C[Si](C)(C)C(=[N+]=[N-])c1ccccc1. The van der Waals surface area contributed by atoms with Gasteiger partial charge in [0, 0.05) is 0 Å². The van der Waals surface area contributed by atoms with Crippen molar-refractivity contribution in [1.82, 2.24) is 0 Å². The molecule has 0 fully saturated rings. The third-order valence-corrected chi connectivity index (χ3v) is 3.67. The number of hydrogen-bond donors (Lipinski definition) is 0. The van der Waals surface area contributed by atoms with Gasteiger partial charge in [-0.25, -0.2) is 0 Å². The second-order valence-corrected chi connectivity index (χ2v) is 9.04. The van der Waals surface area contributed by atoms with E-state index in [0.29, 0.717) is 0 Å². The first-order valence-electron chi connectivity index (χ1n) is 4.33. The van der Waals surface area contributed by atoms with Gasteiger partial charge in [0.1, 0.15) is 0 Å². The van der Waals surface area contributed by atoms with Gasteiger partial charge in [-0.3, -0.25) is 0 Å². The van der Waals surface area contributed by atoms with Crippen LogP contribution in [-0.4, -0.2) is 18.2 Å². The highest BCUT2D eigenvalue weighted by Crippen LogP contribution is 2.10. The highest BCUT2D eigenvalue weighted by atomic mass is 28.3. The van der Waals surface area contributed by atoms with Crippen LogP contribution in [-0.2, 0) is 0 Å². The largest absolute Gasteiger partial charge is 0.362 e. The first-order valence-corrected chi connectivity index (χ1v) is 7.83. The lowest BCUT2D eigenvalue weighted by molar-refractivity contribution is -0.000240. The van der Waals surface area contributed by atoms with Crippen LogP contribution in [0.25, 0.3) is 5.53 Å². The third-order valence-electron chi connectivity index (χ3n) is 1.86. The molecule has 0 saturated carbocycles. The molecule has 2 nitrogen and oxygen atoms in total. The van der Waals surface area contributed by atoms with E-state index in [2.05, 4.69) is 24.4 Å². The Kier molecular flexibility index (Phi) is 2.81. The Morgan fingerprint density at radius 1 is 1.15 bits per heavy atom. The highest BCUT2D eigenvalue weighted by Gasteiger charge is 2.31. The van der Waals surface area contributed by atoms with Crippen LogP contribution < -0.4 is 0 Å². The molecule has 0 radical (unpaired) electrons. The molecule has 0 aliphatic carbocycles. The molecule has 1 aromatic carbocycles. The van der Waals surface area contributed by atoms with Gasteiger partial charge < -0.3 is 5.53 Å². The topological polar surface area (TPSA) is 36.4 Å². The fourth-order valence-electron chi connectivity index (χ4n) is 1.24. The fraction of sp³-hybridized carbons (Fsp3) is 0.300. The van der Waals surface area contributed by atoms with Crippen molar-refractivity contribution < 1.29 is 4.79 Å². The Bertz CT molecular complexity index is 332. The van der Waals surface area contributed by atoms with Gasteiger partial charge >= 0.3 is 0 Å². The maximum atomic E-state index is 8.94. The Labute approximate surface area is 79.9 Å². The van der Waals surface area contributed by atoms with Gasteiger partial charge in [0.25, 0.3) is 5.33 Å². The summed E-state index contributed by atoms with van der Waals surface area (Å²) in [5.74, 6) is 0. The van der Waals surface area contributed by atoms with Crippen LogP contribution in [0.5, 0.6) is 0 Å². The quantitative estimate of drug-likeness (QED) is 0.297. The first-order chi connectivity index (χ1) is 6.05. The minimum atomic E-state index is -1.53. The summed E-state index contributed by atoms with van der Waals surface area (Å²) in [5.41, 5.74) is 9.97. The van der Waals surface area contributed by atoms with Crippen molar-refractivity contribution in [3.05, 3.63) is 41.4 Å². The average Bonchev–Trinajstić information content (AvgIpc) is 2.05. The van der Waals surface area contributed by atoms with Crippen molar-refractivity contribution in [3.8, 4) is 0 Å². The summed E-state index contributed by atoms with van der Waals surface area (Å²) in [6, 6.07) is 9.84. The third kappa shape index (κ3) is 2.37. The van der Waals surface area contributed by atoms with E-state index in [0.717, 1.165) is 10.9 Å². The van der Waals surface area contributed by atoms with Crippen LogP contribution in [0.2, 0.25) is 19.6 Å². The van der Waals surface area contributed by atoms with E-state index < -0.39 is 8.07 Å². The van der Waals surface area contributed by atoms with Crippen molar-refractivity contribution in [2.45, 2.75) is 19.6 Å². The number of nitrogens with zero attached hydrogens (tertiary/aromatic N) is 2. The maximum Gasteiger partial charge on any atom is 0.265 e. The number of rotatable bonds is 2. The Hall–Kier alpha value is -1.18. The smallest absolute Gasteiger partial charge is 0.265 e. The molecular weight excluding hydrogens is 176 g/mol. The molecule has 0 spiro atoms. The molecule has 0 amide bonds. The summed E-state index contributed by atoms with van der Waals surface area (Å²) >= 11 is 0. The summed E-state index contributed by atoms with van der Waals surface area (Å²) in [5, 5.41) is 0.855. The summed E-state index contributed by atoms with van der Waals surface area (Å²) in [7, 11) is -1.53. The summed E-state index contributed by atoms with van der Waals surface area (Å²) in [6.45, 7) is 6.49. The molecule has 0 aliphatic heterocycles. The molecule has 68 valence electrons. The zero-order valence-corrected chi connectivity index (χ0v) is 9.28. The van der Waals surface area contributed by atoms with Gasteiger partial charge in [0.15, 0.2) is 8.07 Å². The van der Waals surface area contributed by atoms with Crippen LogP contribution in [0, 0.1) is 0 Å². The molecule has 0 aromatic heterocycles. The van der Waals surface area contributed by atoms with E-state index >= 15 is 0 Å². The highest BCUT2D eigenvalue weighted by molar-refractivity contribution is 7.05. The zero-order valence-electron chi connectivity index (χ0n) is 8.28. The minimum Gasteiger partial charge on any atom is -0.362 e. The normalized spacial score (nSPS) is 10.7. The van der Waals surface area contributed by atoms with E-state index in [4.69, 9.17) is 5.53 Å². The molecule has 0 saturated heterocycles. The predicted molar refractivity (Wildman–Crippen MR) is 57.5 cm³/mol. The van der Waals surface area contributed by atoms with Gasteiger partial charge in [-0.15, -0.1) is 0 Å². The number of benzene rings is 1. The number of hydrogen-bond acceptors (Lipinski definition) is 0. The van der Waals surface area contributed by atoms with Crippen molar-refractivity contribution in [1.29, 1.82) is 0 Å². The minimum absolute atomic E-state index is 0.855. The lowest BCUT2D eigenvalue weighted by atomic mass is 10.2. The van der Waals surface area contributed by atoms with Crippen molar-refractivity contribution in [2.24, 2.45) is 0 Å². The standard InChI is InChI=1S/C10H14N2Si/c1-13(2,3)10(12-11)9-7-5-4-6-8-9/h4-8H,1-3H3. The second-order valence-electron chi connectivity index (χ2n) is 4.06. The average molecular weight is 190 g/mol. The second kappa shape index (κ2) is 3.69.